The maximum atomic E-state index is 12.9. The van der Waals surface area contributed by atoms with E-state index in [9.17, 15) is 22.8 Å². The summed E-state index contributed by atoms with van der Waals surface area (Å²) in [5, 5.41) is 2.22. The second-order valence-electron chi connectivity index (χ2n) is 5.72. The molecule has 0 heterocycles. The zero-order valence-electron chi connectivity index (χ0n) is 14.3. The lowest BCUT2D eigenvalue weighted by Crippen LogP contribution is -2.17. The van der Waals surface area contributed by atoms with Gasteiger partial charge >= 0.3 is 6.18 Å². The molecule has 0 fully saturated rings. The number of para-hydroxylation sites is 1. The molecule has 0 aliphatic heterocycles. The van der Waals surface area contributed by atoms with Crippen molar-refractivity contribution in [3.8, 4) is 5.75 Å². The zero-order chi connectivity index (χ0) is 19.3. The maximum Gasteiger partial charge on any atom is 0.418 e. The van der Waals surface area contributed by atoms with E-state index in [0.29, 0.717) is 11.3 Å². The molecule has 2 rings (SSSR count). The van der Waals surface area contributed by atoms with E-state index >= 15 is 0 Å². The Labute approximate surface area is 149 Å². The molecule has 0 aromatic heterocycles. The lowest BCUT2D eigenvalue weighted by molar-refractivity contribution is -0.137. The Morgan fingerprint density at radius 3 is 2.42 bits per heavy atom. The number of alkyl halides is 3. The fourth-order valence-corrected chi connectivity index (χ4v) is 2.45. The fraction of sp³-hybridized carbons (Fsp3) is 0.263. The van der Waals surface area contributed by atoms with Crippen LogP contribution in [0.2, 0.25) is 0 Å². The first-order chi connectivity index (χ1) is 12.2. The molecule has 0 atom stereocenters. The normalized spacial score (nSPS) is 11.1. The third kappa shape index (κ3) is 4.84. The Balaban J connectivity index is 2.04. The quantitative estimate of drug-likeness (QED) is 0.760. The van der Waals surface area contributed by atoms with Crippen LogP contribution in [0.1, 0.15) is 34.3 Å². The van der Waals surface area contributed by atoms with Gasteiger partial charge in [0, 0.05) is 12.8 Å². The van der Waals surface area contributed by atoms with Crippen molar-refractivity contribution in [2.45, 2.75) is 25.9 Å². The number of aryl methyl sites for hydroxylation is 1. The zero-order valence-corrected chi connectivity index (χ0v) is 14.3. The topological polar surface area (TPSA) is 55.4 Å². The van der Waals surface area contributed by atoms with Gasteiger partial charge in [-0.05, 0) is 31.2 Å². The van der Waals surface area contributed by atoms with Crippen LogP contribution in [0, 0.1) is 6.92 Å². The lowest BCUT2D eigenvalue weighted by atomic mass is 10.0. The van der Waals surface area contributed by atoms with Crippen molar-refractivity contribution in [1.29, 1.82) is 0 Å². The number of benzene rings is 2. The number of rotatable bonds is 6. The monoisotopic (exact) mass is 365 g/mol. The number of carbonyl (C=O) groups excluding carboxylic acids is 2. The minimum atomic E-state index is -4.57. The highest BCUT2D eigenvalue weighted by Crippen LogP contribution is 2.34. The summed E-state index contributed by atoms with van der Waals surface area (Å²) in [4.78, 5) is 24.3. The summed E-state index contributed by atoms with van der Waals surface area (Å²) in [6, 6.07) is 9.79. The number of amides is 1. The molecule has 0 bridgehead atoms. The molecule has 7 heteroatoms. The molecule has 1 amide bonds. The number of ketones is 1. The highest BCUT2D eigenvalue weighted by molar-refractivity contribution is 6.02. The minimum absolute atomic E-state index is 0.139. The van der Waals surface area contributed by atoms with Crippen LogP contribution in [-0.2, 0) is 11.0 Å². The lowest BCUT2D eigenvalue weighted by Gasteiger charge is -2.13. The molecule has 0 aliphatic carbocycles. The van der Waals surface area contributed by atoms with Gasteiger partial charge in [0.2, 0.25) is 5.91 Å². The van der Waals surface area contributed by atoms with E-state index in [4.69, 9.17) is 4.74 Å². The molecule has 138 valence electrons. The number of ether oxygens (including phenoxy) is 1. The molecule has 4 nitrogen and oxygen atoms in total. The summed E-state index contributed by atoms with van der Waals surface area (Å²) < 4.78 is 43.9. The molecule has 0 aliphatic rings. The van der Waals surface area contributed by atoms with Gasteiger partial charge in [-0.2, -0.15) is 13.2 Å². The number of hydrogen-bond donors (Lipinski definition) is 1. The van der Waals surface area contributed by atoms with Crippen LogP contribution in [0.3, 0.4) is 0 Å². The van der Waals surface area contributed by atoms with Gasteiger partial charge < -0.3 is 10.1 Å². The Morgan fingerprint density at radius 1 is 1.08 bits per heavy atom. The Morgan fingerprint density at radius 2 is 1.77 bits per heavy atom. The van der Waals surface area contributed by atoms with E-state index in [1.165, 1.54) is 25.3 Å². The number of carbonyl (C=O) groups is 2. The average Bonchev–Trinajstić information content (AvgIpc) is 2.59. The van der Waals surface area contributed by atoms with Gasteiger partial charge in [-0.1, -0.05) is 23.8 Å². The van der Waals surface area contributed by atoms with E-state index in [1.54, 1.807) is 18.2 Å². The Hall–Kier alpha value is -2.83. The number of Topliss-reactive ketones (excluding diaryl/α,β-unsaturated/α-hetero) is 1. The van der Waals surface area contributed by atoms with Crippen LogP contribution in [-0.4, -0.2) is 18.8 Å². The van der Waals surface area contributed by atoms with E-state index in [1.807, 2.05) is 6.92 Å². The van der Waals surface area contributed by atoms with Crippen LogP contribution < -0.4 is 10.1 Å². The number of anilines is 1. The van der Waals surface area contributed by atoms with Gasteiger partial charge in [-0.15, -0.1) is 0 Å². The van der Waals surface area contributed by atoms with Gasteiger partial charge in [0.1, 0.15) is 5.75 Å². The first-order valence-electron chi connectivity index (χ1n) is 7.86. The molecule has 0 radical (unpaired) electrons. The largest absolute Gasteiger partial charge is 0.496 e. The van der Waals surface area contributed by atoms with Crippen molar-refractivity contribution >= 4 is 17.4 Å². The second-order valence-corrected chi connectivity index (χ2v) is 5.72. The number of hydrogen-bond acceptors (Lipinski definition) is 3. The van der Waals surface area contributed by atoms with Gasteiger partial charge in [0.15, 0.2) is 5.78 Å². The minimum Gasteiger partial charge on any atom is -0.496 e. The summed E-state index contributed by atoms with van der Waals surface area (Å²) in [7, 11) is 1.43. The molecular weight excluding hydrogens is 347 g/mol. The summed E-state index contributed by atoms with van der Waals surface area (Å²) in [5.41, 5.74) is -0.0562. The van der Waals surface area contributed by atoms with Crippen molar-refractivity contribution in [2.75, 3.05) is 12.4 Å². The van der Waals surface area contributed by atoms with E-state index in [0.717, 1.165) is 11.6 Å². The van der Waals surface area contributed by atoms with E-state index in [-0.39, 0.29) is 24.3 Å². The van der Waals surface area contributed by atoms with Gasteiger partial charge in [0.25, 0.3) is 0 Å². The summed E-state index contributed by atoms with van der Waals surface area (Å²) in [6.45, 7) is 1.82. The van der Waals surface area contributed by atoms with Crippen LogP contribution in [0.5, 0.6) is 5.75 Å². The van der Waals surface area contributed by atoms with Crippen LogP contribution in [0.25, 0.3) is 0 Å². The molecule has 0 unspecified atom stereocenters. The summed E-state index contributed by atoms with van der Waals surface area (Å²) in [6.07, 6.45) is -4.95. The second kappa shape index (κ2) is 8.03. The van der Waals surface area contributed by atoms with Gasteiger partial charge in [-0.25, -0.2) is 0 Å². The van der Waals surface area contributed by atoms with Crippen LogP contribution >= 0.6 is 0 Å². The molecule has 0 saturated carbocycles. The number of nitrogens with one attached hydrogen (secondary N) is 1. The van der Waals surface area contributed by atoms with Crippen molar-refractivity contribution in [2.24, 2.45) is 0 Å². The number of methoxy groups -OCH3 is 1. The van der Waals surface area contributed by atoms with Gasteiger partial charge in [0.05, 0.1) is 23.9 Å². The smallest absolute Gasteiger partial charge is 0.418 e. The van der Waals surface area contributed by atoms with Gasteiger partial charge in [-0.3, -0.25) is 9.59 Å². The Kier molecular flexibility index (Phi) is 6.02. The molecule has 2 aromatic rings. The predicted octanol–water partition coefficient (Wildman–Crippen LogP) is 4.62. The van der Waals surface area contributed by atoms with Crippen molar-refractivity contribution in [3.05, 3.63) is 59.2 Å². The number of halogens is 3. The fourth-order valence-electron chi connectivity index (χ4n) is 2.45. The first kappa shape index (κ1) is 19.5. The molecule has 0 saturated heterocycles. The molecule has 26 heavy (non-hydrogen) atoms. The molecule has 2 aromatic carbocycles. The molecule has 0 spiro atoms. The van der Waals surface area contributed by atoms with Crippen LogP contribution in [0.4, 0.5) is 18.9 Å². The van der Waals surface area contributed by atoms with Crippen molar-refractivity contribution in [1.82, 2.24) is 0 Å². The predicted molar refractivity (Wildman–Crippen MR) is 91.4 cm³/mol. The first-order valence-corrected chi connectivity index (χ1v) is 7.86. The van der Waals surface area contributed by atoms with E-state index < -0.39 is 17.6 Å². The molecular formula is C19H18F3NO3. The summed E-state index contributed by atoms with van der Waals surface area (Å²) in [5.74, 6) is -0.588. The Bertz CT molecular complexity index is 816. The SMILES string of the molecule is COc1ccc(C)cc1C(=O)CCC(=O)Nc1ccccc1C(F)(F)F. The molecule has 1 N–H and O–H groups in total. The van der Waals surface area contributed by atoms with E-state index in [2.05, 4.69) is 5.32 Å². The van der Waals surface area contributed by atoms with Crippen molar-refractivity contribution in [3.63, 3.8) is 0 Å². The third-order valence-corrected chi connectivity index (χ3v) is 3.74. The maximum absolute atomic E-state index is 12.9. The standard InChI is InChI=1S/C19H18F3NO3/c1-12-7-9-17(26-2)13(11-12)16(24)8-10-18(25)23-15-6-4-3-5-14(15)19(20,21)22/h3-7,9,11H,8,10H2,1-2H3,(H,23,25). The van der Waals surface area contributed by atoms with Crippen LogP contribution in [0.15, 0.2) is 42.5 Å². The summed E-state index contributed by atoms with van der Waals surface area (Å²) >= 11 is 0. The van der Waals surface area contributed by atoms with Crippen molar-refractivity contribution < 1.29 is 27.5 Å². The third-order valence-electron chi connectivity index (χ3n) is 3.74. The highest BCUT2D eigenvalue weighted by Gasteiger charge is 2.33. The average molecular weight is 365 g/mol. The highest BCUT2D eigenvalue weighted by atomic mass is 19.4.